The number of carbonyl (C=O) groups excluding carboxylic acids is 2. The van der Waals surface area contributed by atoms with E-state index in [0.717, 1.165) is 11.4 Å². The fraction of sp³-hybridized carbons (Fsp3) is 0.364. The quantitative estimate of drug-likeness (QED) is 0.820. The van der Waals surface area contributed by atoms with Crippen LogP contribution in [0.3, 0.4) is 0 Å². The number of nitrogens with one attached hydrogen (secondary N) is 2. The highest BCUT2D eigenvalue weighted by Crippen LogP contribution is 2.14. The number of rotatable bonds is 5. The molecular formula is C11H14N6O2S. The molecule has 0 unspecified atom stereocenters. The molecule has 9 heteroatoms. The fourth-order valence-corrected chi connectivity index (χ4v) is 2.09. The van der Waals surface area contributed by atoms with Crippen LogP contribution in [0.4, 0.5) is 5.13 Å². The number of hydrogen-bond acceptors (Lipinski definition) is 6. The third-order valence-corrected chi connectivity index (χ3v) is 3.35. The molecule has 0 aliphatic rings. The summed E-state index contributed by atoms with van der Waals surface area (Å²) in [6.45, 7) is 1.82. The van der Waals surface area contributed by atoms with Crippen molar-refractivity contribution in [2.24, 2.45) is 7.05 Å². The van der Waals surface area contributed by atoms with Crippen LogP contribution in [0.1, 0.15) is 22.4 Å². The molecule has 20 heavy (non-hydrogen) atoms. The summed E-state index contributed by atoms with van der Waals surface area (Å²) >= 11 is 1.31. The van der Waals surface area contributed by atoms with Crippen LogP contribution in [0.15, 0.2) is 12.3 Å². The first-order chi connectivity index (χ1) is 9.58. The van der Waals surface area contributed by atoms with Gasteiger partial charge in [0, 0.05) is 13.2 Å². The van der Waals surface area contributed by atoms with Crippen LogP contribution in [0.2, 0.25) is 0 Å². The molecule has 0 bridgehead atoms. The zero-order valence-electron chi connectivity index (χ0n) is 11.1. The summed E-state index contributed by atoms with van der Waals surface area (Å²) in [5.41, 5.74) is 0.268. The number of amides is 2. The molecule has 8 nitrogen and oxygen atoms in total. The molecule has 2 amide bonds. The maximum atomic E-state index is 11.7. The van der Waals surface area contributed by atoms with E-state index in [2.05, 4.69) is 25.9 Å². The first kappa shape index (κ1) is 14.1. The SMILES string of the molecule is CCc1nnc(NC(=O)CNC(=O)c2ccn(C)n2)s1. The minimum atomic E-state index is -0.396. The van der Waals surface area contributed by atoms with Gasteiger partial charge in [0.05, 0.1) is 6.54 Å². The zero-order chi connectivity index (χ0) is 14.5. The smallest absolute Gasteiger partial charge is 0.272 e. The van der Waals surface area contributed by atoms with Crippen molar-refractivity contribution in [3.05, 3.63) is 23.0 Å². The summed E-state index contributed by atoms with van der Waals surface area (Å²) in [6.07, 6.45) is 2.42. The molecule has 0 atom stereocenters. The summed E-state index contributed by atoms with van der Waals surface area (Å²) in [4.78, 5) is 23.3. The van der Waals surface area contributed by atoms with Crippen LogP contribution >= 0.6 is 11.3 Å². The van der Waals surface area contributed by atoms with Gasteiger partial charge in [0.15, 0.2) is 0 Å². The first-order valence-electron chi connectivity index (χ1n) is 5.98. The summed E-state index contributed by atoms with van der Waals surface area (Å²) in [5, 5.41) is 18.0. The largest absolute Gasteiger partial charge is 0.342 e. The summed E-state index contributed by atoms with van der Waals surface area (Å²) in [5.74, 6) is -0.750. The maximum absolute atomic E-state index is 11.7. The predicted octanol–water partition coefficient (Wildman–Crippen LogP) is 0.202. The van der Waals surface area contributed by atoms with Crippen molar-refractivity contribution < 1.29 is 9.59 Å². The minimum Gasteiger partial charge on any atom is -0.342 e. The molecule has 2 aromatic heterocycles. The summed E-state index contributed by atoms with van der Waals surface area (Å²) in [7, 11) is 1.71. The van der Waals surface area contributed by atoms with E-state index >= 15 is 0 Å². The van der Waals surface area contributed by atoms with Gasteiger partial charge < -0.3 is 5.32 Å². The molecule has 0 spiro atoms. The summed E-state index contributed by atoms with van der Waals surface area (Å²) in [6, 6.07) is 1.57. The van der Waals surface area contributed by atoms with Crippen LogP contribution in [0, 0.1) is 0 Å². The summed E-state index contributed by atoms with van der Waals surface area (Å²) < 4.78 is 1.52. The Labute approximate surface area is 119 Å². The standard InChI is InChI=1S/C11H14N6O2S/c1-3-9-14-15-11(20-9)13-8(18)6-12-10(19)7-4-5-17(2)16-7/h4-5H,3,6H2,1-2H3,(H,12,19)(H,13,15,18). The average Bonchev–Trinajstić information content (AvgIpc) is 3.05. The van der Waals surface area contributed by atoms with Crippen molar-refractivity contribution in [2.75, 3.05) is 11.9 Å². The van der Waals surface area contributed by atoms with Crippen LogP contribution in [0.5, 0.6) is 0 Å². The molecule has 0 aliphatic heterocycles. The lowest BCUT2D eigenvalue weighted by molar-refractivity contribution is -0.115. The molecule has 0 saturated heterocycles. The van der Waals surface area contributed by atoms with Gasteiger partial charge in [-0.15, -0.1) is 10.2 Å². The monoisotopic (exact) mass is 294 g/mol. The first-order valence-corrected chi connectivity index (χ1v) is 6.80. The molecule has 2 rings (SSSR count). The Morgan fingerprint density at radius 2 is 2.20 bits per heavy atom. The second-order valence-electron chi connectivity index (χ2n) is 3.96. The third kappa shape index (κ3) is 3.60. The van der Waals surface area contributed by atoms with E-state index in [9.17, 15) is 9.59 Å². The molecular weight excluding hydrogens is 280 g/mol. The van der Waals surface area contributed by atoms with E-state index in [1.54, 1.807) is 19.3 Å². The third-order valence-electron chi connectivity index (χ3n) is 2.37. The topological polar surface area (TPSA) is 102 Å². The number of anilines is 1. The Hall–Kier alpha value is -2.29. The van der Waals surface area contributed by atoms with Crippen LogP contribution in [-0.4, -0.2) is 38.3 Å². The zero-order valence-corrected chi connectivity index (χ0v) is 11.9. The average molecular weight is 294 g/mol. The number of nitrogens with zero attached hydrogens (tertiary/aromatic N) is 4. The van der Waals surface area contributed by atoms with Gasteiger partial charge in [0.1, 0.15) is 10.7 Å². The fourth-order valence-electron chi connectivity index (χ4n) is 1.40. The molecule has 2 N–H and O–H groups in total. The van der Waals surface area contributed by atoms with Gasteiger partial charge in [0.25, 0.3) is 5.91 Å². The van der Waals surface area contributed by atoms with E-state index in [-0.39, 0.29) is 18.1 Å². The van der Waals surface area contributed by atoms with Gasteiger partial charge >= 0.3 is 0 Å². The highest BCUT2D eigenvalue weighted by Gasteiger charge is 2.11. The highest BCUT2D eigenvalue weighted by atomic mass is 32.1. The van der Waals surface area contributed by atoms with E-state index in [0.29, 0.717) is 5.13 Å². The molecule has 0 radical (unpaired) electrons. The lowest BCUT2D eigenvalue weighted by atomic mass is 10.4. The predicted molar refractivity (Wildman–Crippen MR) is 73.5 cm³/mol. The van der Waals surface area contributed by atoms with Gasteiger partial charge in [-0.3, -0.25) is 19.6 Å². The van der Waals surface area contributed by atoms with Crippen molar-refractivity contribution in [3.63, 3.8) is 0 Å². The molecule has 0 aromatic carbocycles. The lowest BCUT2D eigenvalue weighted by Gasteiger charge is -2.02. The number of aryl methyl sites for hydroxylation is 2. The van der Waals surface area contributed by atoms with Gasteiger partial charge in [0.2, 0.25) is 11.0 Å². The molecule has 0 aliphatic carbocycles. The van der Waals surface area contributed by atoms with Crippen LogP contribution in [-0.2, 0) is 18.3 Å². The van der Waals surface area contributed by atoms with Gasteiger partial charge in [-0.05, 0) is 12.5 Å². The van der Waals surface area contributed by atoms with Gasteiger partial charge in [-0.1, -0.05) is 18.3 Å². The second-order valence-corrected chi connectivity index (χ2v) is 5.02. The van der Waals surface area contributed by atoms with E-state index < -0.39 is 5.91 Å². The van der Waals surface area contributed by atoms with Gasteiger partial charge in [-0.2, -0.15) is 5.10 Å². The number of carbonyl (C=O) groups is 2. The van der Waals surface area contributed by atoms with Crippen molar-refractivity contribution in [2.45, 2.75) is 13.3 Å². The van der Waals surface area contributed by atoms with Crippen molar-refractivity contribution in [3.8, 4) is 0 Å². The molecule has 0 saturated carbocycles. The van der Waals surface area contributed by atoms with Gasteiger partial charge in [-0.25, -0.2) is 0 Å². The number of aromatic nitrogens is 4. The molecule has 2 heterocycles. The van der Waals surface area contributed by atoms with E-state index in [4.69, 9.17) is 0 Å². The Morgan fingerprint density at radius 3 is 2.80 bits per heavy atom. The molecule has 2 aromatic rings. The van der Waals surface area contributed by atoms with Crippen LogP contribution in [0.25, 0.3) is 0 Å². The van der Waals surface area contributed by atoms with Crippen LogP contribution < -0.4 is 10.6 Å². The van der Waals surface area contributed by atoms with Crippen molar-refractivity contribution >= 4 is 28.3 Å². The molecule has 0 fully saturated rings. The number of hydrogen-bond donors (Lipinski definition) is 2. The highest BCUT2D eigenvalue weighted by molar-refractivity contribution is 7.15. The van der Waals surface area contributed by atoms with Crippen molar-refractivity contribution in [1.82, 2.24) is 25.3 Å². The molecule has 106 valence electrons. The maximum Gasteiger partial charge on any atom is 0.272 e. The van der Waals surface area contributed by atoms with Crippen molar-refractivity contribution in [1.29, 1.82) is 0 Å². The Kier molecular flexibility index (Phi) is 4.41. The normalized spacial score (nSPS) is 10.3. The van der Waals surface area contributed by atoms with E-state index in [1.807, 2.05) is 6.92 Å². The Bertz CT molecular complexity index is 620. The second kappa shape index (κ2) is 6.24. The van der Waals surface area contributed by atoms with E-state index in [1.165, 1.54) is 16.0 Å². The Balaban J connectivity index is 1.81. The minimum absolute atomic E-state index is 0.142. The Morgan fingerprint density at radius 1 is 1.40 bits per heavy atom. The lowest BCUT2D eigenvalue weighted by Crippen LogP contribution is -2.33.